The first kappa shape index (κ1) is 16.3. The van der Waals surface area contributed by atoms with Crippen LogP contribution in [-0.4, -0.2) is 26.9 Å². The summed E-state index contributed by atoms with van der Waals surface area (Å²) in [6.45, 7) is 3.77. The molecule has 0 saturated heterocycles. The van der Waals surface area contributed by atoms with Crippen LogP contribution in [0.25, 0.3) is 21.3 Å². The highest BCUT2D eigenvalue weighted by atomic mass is 32.1. The maximum absolute atomic E-state index is 12.5. The minimum Gasteiger partial charge on any atom is -0.374 e. The highest BCUT2D eigenvalue weighted by Gasteiger charge is 2.14. The van der Waals surface area contributed by atoms with Gasteiger partial charge in [-0.15, -0.1) is 11.3 Å². The third-order valence-electron chi connectivity index (χ3n) is 4.06. The van der Waals surface area contributed by atoms with Gasteiger partial charge >= 0.3 is 5.69 Å². The van der Waals surface area contributed by atoms with Gasteiger partial charge in [0.1, 0.15) is 6.04 Å². The number of aromatic nitrogens is 3. The van der Waals surface area contributed by atoms with Crippen LogP contribution in [0.1, 0.15) is 11.9 Å². The molecule has 7 nitrogen and oxygen atoms in total. The molecule has 0 bridgehead atoms. The van der Waals surface area contributed by atoms with Crippen LogP contribution in [0, 0.1) is 6.92 Å². The number of hydrogen-bond acceptors (Lipinski definition) is 5. The molecule has 132 valence electrons. The summed E-state index contributed by atoms with van der Waals surface area (Å²) in [6.07, 6.45) is 0. The molecule has 0 saturated carbocycles. The number of anilines is 2. The van der Waals surface area contributed by atoms with E-state index in [1.807, 2.05) is 25.1 Å². The number of carbonyl (C=O) groups is 1. The van der Waals surface area contributed by atoms with Crippen molar-refractivity contribution in [1.29, 1.82) is 0 Å². The predicted molar refractivity (Wildman–Crippen MR) is 105 cm³/mol. The van der Waals surface area contributed by atoms with Crippen LogP contribution in [0.15, 0.2) is 41.2 Å². The number of imidazole rings is 1. The number of amides is 1. The Balaban J connectivity index is 1.47. The lowest BCUT2D eigenvalue weighted by Gasteiger charge is -2.15. The third-order valence-corrected chi connectivity index (χ3v) is 4.99. The molecule has 0 radical (unpaired) electrons. The van der Waals surface area contributed by atoms with Gasteiger partial charge in [0.25, 0.3) is 0 Å². The van der Waals surface area contributed by atoms with Gasteiger partial charge in [-0.1, -0.05) is 0 Å². The zero-order valence-electron chi connectivity index (χ0n) is 14.2. The number of benzene rings is 2. The Labute approximate surface area is 152 Å². The van der Waals surface area contributed by atoms with Gasteiger partial charge in [-0.2, -0.15) is 0 Å². The molecule has 4 N–H and O–H groups in total. The summed E-state index contributed by atoms with van der Waals surface area (Å²) < 4.78 is 1.09. The molecule has 26 heavy (non-hydrogen) atoms. The van der Waals surface area contributed by atoms with E-state index in [2.05, 4.69) is 25.6 Å². The fraction of sp³-hybridized carbons (Fsp3) is 0.167. The molecule has 0 aliphatic heterocycles. The first-order valence-corrected chi connectivity index (χ1v) is 8.96. The number of nitrogens with one attached hydrogen (secondary N) is 4. The number of aryl methyl sites for hydroxylation is 1. The Morgan fingerprint density at radius 1 is 1.12 bits per heavy atom. The van der Waals surface area contributed by atoms with E-state index in [0.29, 0.717) is 16.7 Å². The van der Waals surface area contributed by atoms with E-state index in [-0.39, 0.29) is 11.6 Å². The summed E-state index contributed by atoms with van der Waals surface area (Å²) in [4.78, 5) is 33.6. The fourth-order valence-corrected chi connectivity index (χ4v) is 3.67. The van der Waals surface area contributed by atoms with E-state index in [1.165, 1.54) is 0 Å². The van der Waals surface area contributed by atoms with E-state index in [1.54, 1.807) is 36.5 Å². The van der Waals surface area contributed by atoms with Gasteiger partial charge in [-0.25, -0.2) is 9.78 Å². The molecule has 0 aliphatic carbocycles. The smallest absolute Gasteiger partial charge is 0.323 e. The minimum atomic E-state index is -0.428. The van der Waals surface area contributed by atoms with Gasteiger partial charge < -0.3 is 20.6 Å². The molecule has 8 heteroatoms. The second kappa shape index (κ2) is 6.30. The molecule has 2 aromatic heterocycles. The summed E-state index contributed by atoms with van der Waals surface area (Å²) in [5, 5.41) is 7.08. The van der Waals surface area contributed by atoms with E-state index >= 15 is 0 Å². The molecule has 0 aliphatic rings. The molecule has 0 fully saturated rings. The Morgan fingerprint density at radius 2 is 1.88 bits per heavy atom. The van der Waals surface area contributed by atoms with Gasteiger partial charge in [0.05, 0.1) is 26.3 Å². The summed E-state index contributed by atoms with van der Waals surface area (Å²) in [7, 11) is 0. The number of nitrogens with zero attached hydrogens (tertiary/aromatic N) is 1. The zero-order valence-corrected chi connectivity index (χ0v) is 15.0. The van der Waals surface area contributed by atoms with Crippen LogP contribution in [-0.2, 0) is 4.79 Å². The lowest BCUT2D eigenvalue weighted by Crippen LogP contribution is -2.31. The highest BCUT2D eigenvalue weighted by Crippen LogP contribution is 2.25. The van der Waals surface area contributed by atoms with Crippen LogP contribution >= 0.6 is 11.3 Å². The lowest BCUT2D eigenvalue weighted by atomic mass is 10.2. The quantitative estimate of drug-likeness (QED) is 0.445. The molecule has 0 spiro atoms. The average molecular weight is 367 g/mol. The second-order valence-electron chi connectivity index (χ2n) is 6.11. The maximum Gasteiger partial charge on any atom is 0.323 e. The van der Waals surface area contributed by atoms with Crippen molar-refractivity contribution in [2.24, 2.45) is 0 Å². The van der Waals surface area contributed by atoms with Crippen molar-refractivity contribution in [1.82, 2.24) is 15.0 Å². The lowest BCUT2D eigenvalue weighted by molar-refractivity contribution is -0.116. The van der Waals surface area contributed by atoms with E-state index in [0.717, 1.165) is 20.9 Å². The van der Waals surface area contributed by atoms with Crippen LogP contribution in [0.5, 0.6) is 0 Å². The van der Waals surface area contributed by atoms with E-state index in [9.17, 15) is 9.59 Å². The number of hydrogen-bond donors (Lipinski definition) is 4. The summed E-state index contributed by atoms with van der Waals surface area (Å²) >= 11 is 1.62. The number of rotatable bonds is 4. The average Bonchev–Trinajstić information content (AvgIpc) is 3.14. The van der Waals surface area contributed by atoms with Crippen molar-refractivity contribution in [3.8, 4) is 0 Å². The molecular weight excluding hydrogens is 350 g/mol. The van der Waals surface area contributed by atoms with Crippen LogP contribution in [0.2, 0.25) is 0 Å². The molecule has 1 unspecified atom stereocenters. The highest BCUT2D eigenvalue weighted by molar-refractivity contribution is 7.18. The summed E-state index contributed by atoms with van der Waals surface area (Å²) in [6, 6.07) is 10.7. The normalized spacial score (nSPS) is 12.4. The van der Waals surface area contributed by atoms with Gasteiger partial charge in [-0.05, 0) is 50.2 Å². The molecule has 4 rings (SSSR count). The molecular formula is C18H17N5O2S. The van der Waals surface area contributed by atoms with Crippen molar-refractivity contribution in [2.45, 2.75) is 19.9 Å². The fourth-order valence-electron chi connectivity index (χ4n) is 2.81. The van der Waals surface area contributed by atoms with Crippen LogP contribution < -0.4 is 16.3 Å². The Kier molecular flexibility index (Phi) is 3.96. The van der Waals surface area contributed by atoms with E-state index in [4.69, 9.17) is 0 Å². The Bertz CT molecular complexity index is 1170. The first-order valence-electron chi connectivity index (χ1n) is 8.14. The zero-order chi connectivity index (χ0) is 18.3. The van der Waals surface area contributed by atoms with Crippen molar-refractivity contribution in [3.63, 3.8) is 0 Å². The monoisotopic (exact) mass is 367 g/mol. The summed E-state index contributed by atoms with van der Waals surface area (Å²) in [5.74, 6) is -0.164. The topological polar surface area (TPSA) is 103 Å². The van der Waals surface area contributed by atoms with Gasteiger partial charge in [0, 0.05) is 11.4 Å². The predicted octanol–water partition coefficient (Wildman–Crippen LogP) is 3.21. The summed E-state index contributed by atoms with van der Waals surface area (Å²) in [5.41, 5.74) is 3.54. The molecule has 2 aromatic carbocycles. The SMILES string of the molecule is Cc1nc2ccc(NC(C)C(=O)Nc3ccc4[nH]c(=O)[nH]c4c3)cc2s1. The number of H-pyrrole nitrogens is 2. The first-order chi connectivity index (χ1) is 12.5. The van der Waals surface area contributed by atoms with Crippen molar-refractivity contribution >= 4 is 49.9 Å². The Hall–Kier alpha value is -3.13. The second-order valence-corrected chi connectivity index (χ2v) is 7.34. The number of carbonyl (C=O) groups excluding carboxylic acids is 1. The van der Waals surface area contributed by atoms with Crippen LogP contribution in [0.3, 0.4) is 0 Å². The van der Waals surface area contributed by atoms with Gasteiger partial charge in [0.2, 0.25) is 5.91 Å². The maximum atomic E-state index is 12.5. The van der Waals surface area contributed by atoms with E-state index < -0.39 is 6.04 Å². The third kappa shape index (κ3) is 3.18. The number of thiazole rings is 1. The Morgan fingerprint density at radius 3 is 2.73 bits per heavy atom. The molecule has 1 atom stereocenters. The molecule has 1 amide bonds. The standard InChI is InChI=1S/C18H17N5O2S/c1-9(19-12-4-6-14-16(8-12)26-10(2)20-14)17(24)21-11-3-5-13-15(7-11)23-18(25)22-13/h3-9,19H,1-2H3,(H,21,24)(H2,22,23,25). The van der Waals surface area contributed by atoms with Gasteiger partial charge in [0.15, 0.2) is 0 Å². The van der Waals surface area contributed by atoms with Gasteiger partial charge in [-0.3, -0.25) is 4.79 Å². The van der Waals surface area contributed by atoms with Crippen molar-refractivity contribution in [3.05, 3.63) is 51.9 Å². The van der Waals surface area contributed by atoms with Crippen molar-refractivity contribution in [2.75, 3.05) is 10.6 Å². The minimum absolute atomic E-state index is 0.164. The number of aromatic amines is 2. The van der Waals surface area contributed by atoms with Crippen LogP contribution in [0.4, 0.5) is 11.4 Å². The van der Waals surface area contributed by atoms with Crippen molar-refractivity contribution < 1.29 is 4.79 Å². The number of fused-ring (bicyclic) bond motifs is 2. The largest absolute Gasteiger partial charge is 0.374 e. The molecule has 4 aromatic rings. The molecule has 2 heterocycles.